The fraction of sp³-hybridized carbons (Fsp3) is 0.591. The fourth-order valence-corrected chi connectivity index (χ4v) is 3.64. The minimum absolute atomic E-state index is 0.750. The Hall–Kier alpha value is -1.55. The van der Waals surface area contributed by atoms with Crippen LogP contribution in [0.25, 0.3) is 0 Å². The Kier molecular flexibility index (Phi) is 7.95. The normalized spacial score (nSPS) is 21.4. The highest BCUT2D eigenvalue weighted by molar-refractivity contribution is 5.31. The van der Waals surface area contributed by atoms with E-state index in [0.717, 1.165) is 30.2 Å². The molecule has 1 fully saturated rings. The molecule has 0 bridgehead atoms. The Balaban J connectivity index is 1.62. The van der Waals surface area contributed by atoms with E-state index in [2.05, 4.69) is 37.3 Å². The summed E-state index contributed by atoms with van der Waals surface area (Å²) in [6.07, 6.45) is 18.3. The van der Waals surface area contributed by atoms with Crippen LogP contribution in [-0.2, 0) is 6.42 Å². The maximum atomic E-state index is 8.80. The summed E-state index contributed by atoms with van der Waals surface area (Å²) in [4.78, 5) is 0. The van der Waals surface area contributed by atoms with Gasteiger partial charge in [0.2, 0.25) is 0 Å². The Morgan fingerprint density at radius 2 is 1.83 bits per heavy atom. The van der Waals surface area contributed by atoms with Crippen molar-refractivity contribution < 1.29 is 0 Å². The molecule has 0 heterocycles. The van der Waals surface area contributed by atoms with Crippen LogP contribution in [0.15, 0.2) is 36.4 Å². The molecule has 0 unspecified atom stereocenters. The average Bonchev–Trinajstić information content (AvgIpc) is 2.61. The first-order valence-electron chi connectivity index (χ1n) is 9.47. The van der Waals surface area contributed by atoms with Gasteiger partial charge in [-0.1, -0.05) is 56.9 Å². The topological polar surface area (TPSA) is 23.8 Å². The predicted molar refractivity (Wildman–Crippen MR) is 98.2 cm³/mol. The number of nitriles is 1. The van der Waals surface area contributed by atoms with Crippen LogP contribution in [0.1, 0.15) is 75.8 Å². The predicted octanol–water partition coefficient (Wildman–Crippen LogP) is 6.43. The van der Waals surface area contributed by atoms with Crippen LogP contribution < -0.4 is 0 Å². The molecule has 1 aromatic rings. The summed E-state index contributed by atoms with van der Waals surface area (Å²) in [6.45, 7) is 2.29. The molecule has 0 saturated heterocycles. The summed E-state index contributed by atoms with van der Waals surface area (Å²) in [7, 11) is 0. The SMILES string of the molecule is CCCCC[C@H]1CC[C@H](C=CCCc2ccc(C#N)cc2)CC1. The standard InChI is InChI=1S/C22H31N/c1-2-3-4-7-19-10-12-20(13-11-19)8-5-6-9-21-14-16-22(18-23)17-15-21/h5,8,14-17,19-20H,2-4,6-7,9-13H2,1H3/t19-,20-. The number of rotatable bonds is 8. The van der Waals surface area contributed by atoms with Crippen molar-refractivity contribution in [2.75, 3.05) is 0 Å². The molecule has 1 heteroatoms. The summed E-state index contributed by atoms with van der Waals surface area (Å²) >= 11 is 0. The van der Waals surface area contributed by atoms with Gasteiger partial charge in [0.15, 0.2) is 0 Å². The molecule has 0 aliphatic heterocycles. The van der Waals surface area contributed by atoms with E-state index in [1.807, 2.05) is 12.1 Å². The van der Waals surface area contributed by atoms with Crippen LogP contribution in [0, 0.1) is 23.2 Å². The van der Waals surface area contributed by atoms with Gasteiger partial charge in [-0.3, -0.25) is 0 Å². The molecule has 1 aromatic carbocycles. The van der Waals surface area contributed by atoms with Gasteiger partial charge in [0.05, 0.1) is 11.6 Å². The van der Waals surface area contributed by atoms with Gasteiger partial charge in [-0.2, -0.15) is 5.26 Å². The van der Waals surface area contributed by atoms with Crippen molar-refractivity contribution >= 4 is 0 Å². The van der Waals surface area contributed by atoms with E-state index in [0.29, 0.717) is 0 Å². The van der Waals surface area contributed by atoms with Crippen molar-refractivity contribution in [3.63, 3.8) is 0 Å². The summed E-state index contributed by atoms with van der Waals surface area (Å²) in [5.41, 5.74) is 2.08. The maximum absolute atomic E-state index is 8.80. The van der Waals surface area contributed by atoms with Crippen LogP contribution in [0.3, 0.4) is 0 Å². The molecule has 2 rings (SSSR count). The maximum Gasteiger partial charge on any atom is 0.0991 e. The highest BCUT2D eigenvalue weighted by atomic mass is 14.2. The third kappa shape index (κ3) is 6.61. The Labute approximate surface area is 142 Å². The van der Waals surface area contributed by atoms with Crippen LogP contribution in [0.5, 0.6) is 0 Å². The molecule has 1 aliphatic carbocycles. The molecule has 0 spiro atoms. The summed E-state index contributed by atoms with van der Waals surface area (Å²) in [5, 5.41) is 8.80. The molecule has 1 aliphatic rings. The third-order valence-electron chi connectivity index (χ3n) is 5.20. The number of allylic oxidation sites excluding steroid dienone is 2. The lowest BCUT2D eigenvalue weighted by Crippen LogP contribution is -2.13. The molecule has 0 N–H and O–H groups in total. The van der Waals surface area contributed by atoms with E-state index >= 15 is 0 Å². The van der Waals surface area contributed by atoms with Crippen molar-refractivity contribution in [1.29, 1.82) is 5.26 Å². The summed E-state index contributed by atoms with van der Waals surface area (Å²) < 4.78 is 0. The van der Waals surface area contributed by atoms with Crippen molar-refractivity contribution in [1.82, 2.24) is 0 Å². The molecule has 0 radical (unpaired) electrons. The van der Waals surface area contributed by atoms with E-state index < -0.39 is 0 Å². The van der Waals surface area contributed by atoms with Gasteiger partial charge in [0.25, 0.3) is 0 Å². The quantitative estimate of drug-likeness (QED) is 0.401. The largest absolute Gasteiger partial charge is 0.192 e. The molecule has 0 atom stereocenters. The van der Waals surface area contributed by atoms with Gasteiger partial charge in [-0.15, -0.1) is 0 Å². The lowest BCUT2D eigenvalue weighted by Gasteiger charge is -2.26. The van der Waals surface area contributed by atoms with Gasteiger partial charge in [-0.25, -0.2) is 0 Å². The second-order valence-electron chi connectivity index (χ2n) is 7.05. The molecular weight excluding hydrogens is 278 g/mol. The van der Waals surface area contributed by atoms with Crippen LogP contribution in [-0.4, -0.2) is 0 Å². The lowest BCUT2D eigenvalue weighted by atomic mass is 9.79. The number of nitrogens with zero attached hydrogens (tertiary/aromatic N) is 1. The van der Waals surface area contributed by atoms with E-state index in [-0.39, 0.29) is 0 Å². The molecule has 124 valence electrons. The van der Waals surface area contributed by atoms with Crippen molar-refractivity contribution in [3.05, 3.63) is 47.5 Å². The van der Waals surface area contributed by atoms with Gasteiger partial charge in [0.1, 0.15) is 0 Å². The summed E-state index contributed by atoms with van der Waals surface area (Å²) in [6, 6.07) is 10.2. The van der Waals surface area contributed by atoms with E-state index in [1.165, 1.54) is 56.9 Å². The number of hydrogen-bond acceptors (Lipinski definition) is 1. The van der Waals surface area contributed by atoms with Gasteiger partial charge < -0.3 is 0 Å². The Morgan fingerprint density at radius 1 is 1.09 bits per heavy atom. The second-order valence-corrected chi connectivity index (χ2v) is 7.05. The molecule has 0 aromatic heterocycles. The molecule has 1 saturated carbocycles. The number of hydrogen-bond donors (Lipinski definition) is 0. The first-order chi connectivity index (χ1) is 11.3. The highest BCUT2D eigenvalue weighted by Crippen LogP contribution is 2.32. The Bertz CT molecular complexity index is 498. The number of benzene rings is 1. The molecule has 1 nitrogen and oxygen atoms in total. The zero-order chi connectivity index (χ0) is 16.3. The molecule has 23 heavy (non-hydrogen) atoms. The average molecular weight is 309 g/mol. The Morgan fingerprint density at radius 3 is 2.48 bits per heavy atom. The van der Waals surface area contributed by atoms with Crippen LogP contribution >= 0.6 is 0 Å². The van der Waals surface area contributed by atoms with E-state index in [4.69, 9.17) is 5.26 Å². The van der Waals surface area contributed by atoms with Crippen LogP contribution in [0.4, 0.5) is 0 Å². The molecular formula is C22H31N. The zero-order valence-corrected chi connectivity index (χ0v) is 14.6. The van der Waals surface area contributed by atoms with Gasteiger partial charge in [-0.05, 0) is 68.1 Å². The van der Waals surface area contributed by atoms with Crippen molar-refractivity contribution in [2.45, 2.75) is 71.1 Å². The minimum atomic E-state index is 0.750. The van der Waals surface area contributed by atoms with Crippen molar-refractivity contribution in [3.8, 4) is 6.07 Å². The van der Waals surface area contributed by atoms with Crippen molar-refractivity contribution in [2.24, 2.45) is 11.8 Å². The van der Waals surface area contributed by atoms with E-state index in [9.17, 15) is 0 Å². The number of unbranched alkanes of at least 4 members (excludes halogenated alkanes) is 2. The fourth-order valence-electron chi connectivity index (χ4n) is 3.64. The first-order valence-corrected chi connectivity index (χ1v) is 9.47. The third-order valence-corrected chi connectivity index (χ3v) is 5.20. The smallest absolute Gasteiger partial charge is 0.0991 e. The first kappa shape index (κ1) is 17.8. The molecule has 0 amide bonds. The second kappa shape index (κ2) is 10.3. The monoisotopic (exact) mass is 309 g/mol. The zero-order valence-electron chi connectivity index (χ0n) is 14.6. The van der Waals surface area contributed by atoms with Crippen LogP contribution in [0.2, 0.25) is 0 Å². The summed E-state index contributed by atoms with van der Waals surface area (Å²) in [5.74, 6) is 1.82. The lowest BCUT2D eigenvalue weighted by molar-refractivity contribution is 0.289. The van der Waals surface area contributed by atoms with Gasteiger partial charge >= 0.3 is 0 Å². The minimum Gasteiger partial charge on any atom is -0.192 e. The number of aryl methyl sites for hydroxylation is 1. The highest BCUT2D eigenvalue weighted by Gasteiger charge is 2.18. The van der Waals surface area contributed by atoms with E-state index in [1.54, 1.807) is 0 Å². The van der Waals surface area contributed by atoms with Gasteiger partial charge in [0, 0.05) is 0 Å².